The summed E-state index contributed by atoms with van der Waals surface area (Å²) in [6.45, 7) is 0. The van der Waals surface area contributed by atoms with Gasteiger partial charge in [0.2, 0.25) is 0 Å². The van der Waals surface area contributed by atoms with E-state index in [1.54, 1.807) is 0 Å². The van der Waals surface area contributed by atoms with Crippen molar-refractivity contribution in [1.82, 2.24) is 19.5 Å². The van der Waals surface area contributed by atoms with Gasteiger partial charge in [0, 0.05) is 33.2 Å². The average Bonchev–Trinajstić information content (AvgIpc) is 3.59. The van der Waals surface area contributed by atoms with Crippen LogP contribution in [0.15, 0.2) is 206 Å². The lowest BCUT2D eigenvalue weighted by Gasteiger charge is -2.12. The Morgan fingerprint density at radius 3 is 1.19 bits per heavy atom. The molecule has 0 fully saturated rings. The van der Waals surface area contributed by atoms with Crippen molar-refractivity contribution in [3.8, 4) is 62.1 Å². The molecule has 266 valence electrons. The predicted molar refractivity (Wildman–Crippen MR) is 236 cm³/mol. The largest absolute Gasteiger partial charge is 0.309 e. The van der Waals surface area contributed by atoms with Crippen LogP contribution in [0.1, 0.15) is 0 Å². The maximum atomic E-state index is 5.06. The van der Waals surface area contributed by atoms with Crippen LogP contribution in [0.25, 0.3) is 105 Å². The lowest BCUT2D eigenvalue weighted by Crippen LogP contribution is -2.00. The zero-order valence-corrected chi connectivity index (χ0v) is 30.9. The molecule has 57 heavy (non-hydrogen) atoms. The number of hydrogen-bond acceptors (Lipinski definition) is 3. The van der Waals surface area contributed by atoms with E-state index in [1.165, 1.54) is 48.9 Å². The van der Waals surface area contributed by atoms with Crippen LogP contribution in [0.4, 0.5) is 0 Å². The minimum Gasteiger partial charge on any atom is -0.309 e. The molecule has 11 aromatic rings. The highest BCUT2D eigenvalue weighted by atomic mass is 15.0. The number of nitrogens with zero attached hydrogens (tertiary/aromatic N) is 4. The molecule has 0 unspecified atom stereocenters. The van der Waals surface area contributed by atoms with Gasteiger partial charge in [0.15, 0.2) is 17.5 Å². The molecule has 4 heteroatoms. The van der Waals surface area contributed by atoms with E-state index in [-0.39, 0.29) is 0 Å². The highest BCUT2D eigenvalue weighted by Gasteiger charge is 2.16. The van der Waals surface area contributed by atoms with E-state index >= 15 is 0 Å². The van der Waals surface area contributed by atoms with Gasteiger partial charge in [-0.3, -0.25) is 0 Å². The first-order chi connectivity index (χ1) is 28.2. The first-order valence-electron chi connectivity index (χ1n) is 19.3. The van der Waals surface area contributed by atoms with E-state index in [4.69, 9.17) is 15.0 Å². The number of rotatable bonds is 6. The van der Waals surface area contributed by atoms with Crippen LogP contribution in [0, 0.1) is 0 Å². The van der Waals surface area contributed by atoms with E-state index < -0.39 is 0 Å². The Labute approximate surface area is 330 Å². The molecule has 9 aromatic carbocycles. The second kappa shape index (κ2) is 13.6. The van der Waals surface area contributed by atoms with Crippen molar-refractivity contribution < 1.29 is 0 Å². The molecule has 4 nitrogen and oxygen atoms in total. The summed E-state index contributed by atoms with van der Waals surface area (Å²) in [6, 6.07) is 73.0. The highest BCUT2D eigenvalue weighted by Crippen LogP contribution is 2.38. The predicted octanol–water partition coefficient (Wildman–Crippen LogP) is 13.6. The molecule has 0 aliphatic rings. The molecule has 0 aliphatic heterocycles. The zero-order valence-electron chi connectivity index (χ0n) is 30.9. The van der Waals surface area contributed by atoms with Crippen LogP contribution < -0.4 is 0 Å². The van der Waals surface area contributed by atoms with Crippen molar-refractivity contribution >= 4 is 43.4 Å². The van der Waals surface area contributed by atoms with Gasteiger partial charge in [-0.05, 0) is 86.3 Å². The van der Waals surface area contributed by atoms with Crippen LogP contribution in [0.3, 0.4) is 0 Å². The fourth-order valence-electron chi connectivity index (χ4n) is 8.10. The number of hydrogen-bond donors (Lipinski definition) is 0. The van der Waals surface area contributed by atoms with Gasteiger partial charge in [-0.25, -0.2) is 15.0 Å². The molecule has 0 amide bonds. The maximum absolute atomic E-state index is 5.06. The standard InChI is InChI=1S/C53H34N4/c1-3-12-35(13-4-1)36-22-24-39(25-23-36)52-54-51(38-14-5-2-6-15-38)55-53(56-52)45-21-11-20-40(30-45)37-26-28-46(29-27-37)57-49-33-43-18-9-7-16-41(43)31-47(49)48-32-42-17-8-10-19-44(42)34-50(48)57/h1-34H. The van der Waals surface area contributed by atoms with E-state index in [2.05, 4.69) is 174 Å². The third kappa shape index (κ3) is 5.92. The van der Waals surface area contributed by atoms with Crippen molar-refractivity contribution in [1.29, 1.82) is 0 Å². The summed E-state index contributed by atoms with van der Waals surface area (Å²) in [7, 11) is 0. The van der Waals surface area contributed by atoms with E-state index in [0.29, 0.717) is 17.5 Å². The Hall–Kier alpha value is -7.69. The van der Waals surface area contributed by atoms with Gasteiger partial charge in [0.05, 0.1) is 11.0 Å². The highest BCUT2D eigenvalue weighted by molar-refractivity contribution is 6.16. The number of fused-ring (bicyclic) bond motifs is 5. The van der Waals surface area contributed by atoms with Gasteiger partial charge < -0.3 is 4.57 Å². The Morgan fingerprint density at radius 1 is 0.263 bits per heavy atom. The monoisotopic (exact) mass is 726 g/mol. The second-order valence-electron chi connectivity index (χ2n) is 14.5. The fraction of sp³-hybridized carbons (Fsp3) is 0. The summed E-state index contributed by atoms with van der Waals surface area (Å²) in [6.07, 6.45) is 0. The van der Waals surface area contributed by atoms with Crippen molar-refractivity contribution in [3.63, 3.8) is 0 Å². The first kappa shape index (κ1) is 32.7. The Morgan fingerprint density at radius 2 is 0.632 bits per heavy atom. The summed E-state index contributed by atoms with van der Waals surface area (Å²) in [4.78, 5) is 15.1. The summed E-state index contributed by atoms with van der Waals surface area (Å²) in [5.74, 6) is 1.92. The van der Waals surface area contributed by atoms with Crippen molar-refractivity contribution in [3.05, 3.63) is 206 Å². The van der Waals surface area contributed by atoms with Gasteiger partial charge in [-0.1, -0.05) is 164 Å². The van der Waals surface area contributed by atoms with Gasteiger partial charge >= 0.3 is 0 Å². The molecule has 0 radical (unpaired) electrons. The molecular weight excluding hydrogens is 693 g/mol. The van der Waals surface area contributed by atoms with Gasteiger partial charge in [-0.2, -0.15) is 0 Å². The van der Waals surface area contributed by atoms with Crippen molar-refractivity contribution in [2.24, 2.45) is 0 Å². The topological polar surface area (TPSA) is 43.6 Å². The molecule has 2 heterocycles. The first-order valence-corrected chi connectivity index (χ1v) is 19.3. The van der Waals surface area contributed by atoms with E-state index in [9.17, 15) is 0 Å². The third-order valence-electron chi connectivity index (χ3n) is 11.0. The van der Waals surface area contributed by atoms with Crippen LogP contribution in [0.5, 0.6) is 0 Å². The van der Waals surface area contributed by atoms with Crippen LogP contribution >= 0.6 is 0 Å². The summed E-state index contributed by atoms with van der Waals surface area (Å²) in [5.41, 5.74) is 10.9. The molecular formula is C53H34N4. The molecule has 0 N–H and O–H groups in total. The quantitative estimate of drug-likeness (QED) is 0.171. The number of benzene rings is 9. The van der Waals surface area contributed by atoms with Gasteiger partial charge in [0.1, 0.15) is 0 Å². The normalized spacial score (nSPS) is 11.5. The molecule has 0 aliphatic carbocycles. The van der Waals surface area contributed by atoms with E-state index in [0.717, 1.165) is 39.1 Å². The maximum Gasteiger partial charge on any atom is 0.164 e. The van der Waals surface area contributed by atoms with E-state index in [1.807, 2.05) is 36.4 Å². The van der Waals surface area contributed by atoms with Crippen molar-refractivity contribution in [2.45, 2.75) is 0 Å². The Balaban J connectivity index is 0.992. The summed E-state index contributed by atoms with van der Waals surface area (Å²) in [5, 5.41) is 7.46. The van der Waals surface area contributed by atoms with Crippen LogP contribution in [-0.2, 0) is 0 Å². The lowest BCUT2D eigenvalue weighted by molar-refractivity contribution is 1.07. The molecule has 0 saturated heterocycles. The van der Waals surface area contributed by atoms with Crippen LogP contribution in [0.2, 0.25) is 0 Å². The molecule has 11 rings (SSSR count). The van der Waals surface area contributed by atoms with Crippen molar-refractivity contribution in [2.75, 3.05) is 0 Å². The summed E-state index contributed by atoms with van der Waals surface area (Å²) < 4.78 is 2.41. The molecule has 2 aromatic heterocycles. The molecule has 0 bridgehead atoms. The van der Waals surface area contributed by atoms with Gasteiger partial charge in [-0.15, -0.1) is 0 Å². The molecule has 0 saturated carbocycles. The van der Waals surface area contributed by atoms with Gasteiger partial charge in [0.25, 0.3) is 0 Å². The summed E-state index contributed by atoms with van der Waals surface area (Å²) >= 11 is 0. The Bertz CT molecular complexity index is 3170. The fourth-order valence-corrected chi connectivity index (χ4v) is 8.10. The second-order valence-corrected chi connectivity index (χ2v) is 14.5. The smallest absolute Gasteiger partial charge is 0.164 e. The SMILES string of the molecule is c1ccc(-c2ccc(-c3nc(-c4ccccc4)nc(-c4cccc(-c5ccc(-n6c7cc8ccccc8cc7c7cc8ccccc8cc76)cc5)c4)n3)cc2)cc1. The minimum atomic E-state index is 0.634. The molecule has 0 atom stereocenters. The lowest BCUT2D eigenvalue weighted by atomic mass is 10.0. The van der Waals surface area contributed by atoms with Crippen LogP contribution in [-0.4, -0.2) is 19.5 Å². The minimum absolute atomic E-state index is 0.634. The average molecular weight is 727 g/mol. The third-order valence-corrected chi connectivity index (χ3v) is 11.0. The zero-order chi connectivity index (χ0) is 37.7. The number of aromatic nitrogens is 4. The Kier molecular flexibility index (Phi) is 7.78. The molecule has 0 spiro atoms.